The molecule has 0 bridgehead atoms. The van der Waals surface area contributed by atoms with Crippen molar-refractivity contribution in [3.05, 3.63) is 34.9 Å². The Bertz CT molecular complexity index is 371. The van der Waals surface area contributed by atoms with Gasteiger partial charge in [-0.1, -0.05) is 29.8 Å². The lowest BCUT2D eigenvalue weighted by atomic mass is 10.1. The molecule has 0 aliphatic carbocycles. The molecule has 0 saturated carbocycles. The lowest BCUT2D eigenvalue weighted by Gasteiger charge is -2.14. The van der Waals surface area contributed by atoms with Crippen LogP contribution in [0.4, 0.5) is 0 Å². The predicted octanol–water partition coefficient (Wildman–Crippen LogP) is 2.81. The zero-order valence-corrected chi connectivity index (χ0v) is 10.1. The molecule has 2 nitrogen and oxygen atoms in total. The number of hydrogen-bond acceptors (Lipinski definition) is 3. The van der Waals surface area contributed by atoms with Crippen molar-refractivity contribution in [3.8, 4) is 6.07 Å². The Morgan fingerprint density at radius 2 is 2.20 bits per heavy atom. The maximum atomic E-state index is 8.73. The fourth-order valence-corrected chi connectivity index (χ4v) is 2.36. The highest BCUT2D eigenvalue weighted by Crippen LogP contribution is 2.22. The monoisotopic (exact) mass is 240 g/mol. The molecule has 1 aromatic carbocycles. The fraction of sp³-hybridized carbons (Fsp3) is 0.364. The first-order valence-corrected chi connectivity index (χ1v) is 6.10. The van der Waals surface area contributed by atoms with Crippen LogP contribution in [0.5, 0.6) is 0 Å². The summed E-state index contributed by atoms with van der Waals surface area (Å²) < 4.78 is 0. The molecular weight excluding hydrogens is 228 g/mol. The molecule has 0 spiro atoms. The van der Waals surface area contributed by atoms with Crippen molar-refractivity contribution in [2.45, 2.75) is 18.2 Å². The van der Waals surface area contributed by atoms with Gasteiger partial charge in [-0.25, -0.2) is 0 Å². The van der Waals surface area contributed by atoms with E-state index in [-0.39, 0.29) is 0 Å². The van der Waals surface area contributed by atoms with Gasteiger partial charge in [-0.3, -0.25) is 0 Å². The maximum absolute atomic E-state index is 8.73. The van der Waals surface area contributed by atoms with Crippen LogP contribution in [0.15, 0.2) is 24.3 Å². The van der Waals surface area contributed by atoms with Gasteiger partial charge in [-0.05, 0) is 18.6 Å². The van der Waals surface area contributed by atoms with Crippen LogP contribution in [0.1, 0.15) is 12.5 Å². The molecule has 0 fully saturated rings. The molecule has 2 N–H and O–H groups in total. The molecule has 1 atom stereocenters. The van der Waals surface area contributed by atoms with Gasteiger partial charge in [0.25, 0.3) is 0 Å². The van der Waals surface area contributed by atoms with Gasteiger partial charge >= 0.3 is 0 Å². The zero-order valence-electron chi connectivity index (χ0n) is 8.53. The summed E-state index contributed by atoms with van der Waals surface area (Å²) >= 11 is 7.62. The Morgan fingerprint density at radius 1 is 1.53 bits per heavy atom. The van der Waals surface area contributed by atoms with Gasteiger partial charge in [0.15, 0.2) is 0 Å². The minimum absolute atomic E-state index is 0.606. The lowest BCUT2D eigenvalue weighted by Crippen LogP contribution is -2.36. The summed E-state index contributed by atoms with van der Waals surface area (Å²) in [5.41, 5.74) is 6.03. The summed E-state index contributed by atoms with van der Waals surface area (Å²) in [6, 6.07) is 9.77. The number of rotatable bonds is 4. The van der Waals surface area contributed by atoms with Crippen molar-refractivity contribution in [1.82, 2.24) is 0 Å². The molecule has 0 aliphatic heterocycles. The molecule has 1 aromatic rings. The quantitative estimate of drug-likeness (QED) is 0.881. The van der Waals surface area contributed by atoms with E-state index in [4.69, 9.17) is 22.6 Å². The first kappa shape index (κ1) is 12.4. The Morgan fingerprint density at radius 3 is 2.80 bits per heavy atom. The third kappa shape index (κ3) is 4.13. The largest absolute Gasteiger partial charge is 0.313 e. The van der Waals surface area contributed by atoms with Gasteiger partial charge in [0.1, 0.15) is 5.54 Å². The Balaban J connectivity index is 2.46. The van der Waals surface area contributed by atoms with Crippen molar-refractivity contribution in [2.75, 3.05) is 5.75 Å². The number of hydrogen-bond donors (Lipinski definition) is 1. The Kier molecular flexibility index (Phi) is 4.46. The second kappa shape index (κ2) is 5.41. The third-order valence-corrected chi connectivity index (χ3v) is 3.56. The van der Waals surface area contributed by atoms with Gasteiger partial charge in [-0.2, -0.15) is 17.0 Å². The van der Waals surface area contributed by atoms with Crippen molar-refractivity contribution in [3.63, 3.8) is 0 Å². The van der Waals surface area contributed by atoms with Crippen LogP contribution in [0, 0.1) is 11.3 Å². The molecule has 0 amide bonds. The molecule has 0 aromatic heterocycles. The van der Waals surface area contributed by atoms with Crippen molar-refractivity contribution < 1.29 is 0 Å². The fourth-order valence-electron chi connectivity index (χ4n) is 1.02. The second-order valence-electron chi connectivity index (χ2n) is 3.61. The van der Waals surface area contributed by atoms with E-state index in [1.165, 1.54) is 0 Å². The standard InChI is InChI=1S/C11H13ClN2S/c1-11(14,7-13)8-15-6-9-4-2-3-5-10(9)12/h2-5H,6,8,14H2,1H3. The van der Waals surface area contributed by atoms with Gasteiger partial charge in [0.2, 0.25) is 0 Å². The smallest absolute Gasteiger partial charge is 0.110 e. The molecule has 80 valence electrons. The van der Waals surface area contributed by atoms with Crippen LogP contribution < -0.4 is 5.73 Å². The third-order valence-electron chi connectivity index (χ3n) is 1.87. The number of thioether (sulfide) groups is 1. The zero-order chi connectivity index (χ0) is 11.3. The van der Waals surface area contributed by atoms with E-state index < -0.39 is 5.54 Å². The average Bonchev–Trinajstić information content (AvgIpc) is 2.21. The topological polar surface area (TPSA) is 49.8 Å². The highest BCUT2D eigenvalue weighted by Gasteiger charge is 2.16. The highest BCUT2D eigenvalue weighted by molar-refractivity contribution is 7.98. The van der Waals surface area contributed by atoms with Crippen molar-refractivity contribution >= 4 is 23.4 Å². The van der Waals surface area contributed by atoms with E-state index in [1.54, 1.807) is 18.7 Å². The molecule has 1 rings (SSSR count). The minimum atomic E-state index is -0.758. The van der Waals surface area contributed by atoms with Crippen molar-refractivity contribution in [1.29, 1.82) is 5.26 Å². The first-order valence-electron chi connectivity index (χ1n) is 4.56. The first-order chi connectivity index (χ1) is 7.05. The summed E-state index contributed by atoms with van der Waals surface area (Å²) in [6.07, 6.45) is 0. The SMILES string of the molecule is CC(N)(C#N)CSCc1ccccc1Cl. The summed E-state index contributed by atoms with van der Waals surface area (Å²) in [7, 11) is 0. The molecular formula is C11H13ClN2S. The van der Waals surface area contributed by atoms with Crippen LogP contribution in [-0.2, 0) is 5.75 Å². The van der Waals surface area contributed by atoms with Crippen LogP contribution in [0.2, 0.25) is 5.02 Å². The van der Waals surface area contributed by atoms with Gasteiger partial charge < -0.3 is 5.73 Å². The van der Waals surface area contributed by atoms with Crippen LogP contribution in [0.3, 0.4) is 0 Å². The van der Waals surface area contributed by atoms with Gasteiger partial charge in [-0.15, -0.1) is 0 Å². The molecule has 4 heteroatoms. The number of nitriles is 1. The molecule has 0 heterocycles. The van der Waals surface area contributed by atoms with E-state index >= 15 is 0 Å². The van der Waals surface area contributed by atoms with E-state index in [0.29, 0.717) is 5.75 Å². The van der Waals surface area contributed by atoms with E-state index in [1.807, 2.05) is 24.3 Å². The highest BCUT2D eigenvalue weighted by atomic mass is 35.5. The molecule has 1 unspecified atom stereocenters. The number of halogens is 1. The Labute approximate surface area is 99.4 Å². The number of nitrogens with two attached hydrogens (primary N) is 1. The number of nitrogens with zero attached hydrogens (tertiary/aromatic N) is 1. The number of benzene rings is 1. The molecule has 15 heavy (non-hydrogen) atoms. The van der Waals surface area contributed by atoms with Crippen molar-refractivity contribution in [2.24, 2.45) is 5.73 Å². The normalized spacial score (nSPS) is 14.3. The maximum Gasteiger partial charge on any atom is 0.110 e. The van der Waals surface area contributed by atoms with Crippen LogP contribution in [0.25, 0.3) is 0 Å². The summed E-state index contributed by atoms with van der Waals surface area (Å²) in [4.78, 5) is 0. The molecule has 0 saturated heterocycles. The van der Waals surface area contributed by atoms with Gasteiger partial charge in [0, 0.05) is 16.5 Å². The summed E-state index contributed by atoms with van der Waals surface area (Å²) in [5, 5.41) is 9.50. The average molecular weight is 241 g/mol. The Hall–Kier alpha value is -0.690. The van der Waals surface area contributed by atoms with E-state index in [9.17, 15) is 0 Å². The second-order valence-corrected chi connectivity index (χ2v) is 5.01. The molecule has 0 radical (unpaired) electrons. The van der Waals surface area contributed by atoms with Gasteiger partial charge in [0.05, 0.1) is 6.07 Å². The summed E-state index contributed by atoms with van der Waals surface area (Å²) in [5.74, 6) is 1.39. The van der Waals surface area contributed by atoms with E-state index in [2.05, 4.69) is 6.07 Å². The van der Waals surface area contributed by atoms with Crippen LogP contribution in [-0.4, -0.2) is 11.3 Å². The molecule has 0 aliphatic rings. The van der Waals surface area contributed by atoms with Crippen LogP contribution >= 0.6 is 23.4 Å². The minimum Gasteiger partial charge on any atom is -0.313 e. The lowest BCUT2D eigenvalue weighted by molar-refractivity contribution is 0.682. The van der Waals surface area contributed by atoms with E-state index in [0.717, 1.165) is 16.3 Å². The predicted molar refractivity (Wildman–Crippen MR) is 65.8 cm³/mol. The summed E-state index contributed by atoms with van der Waals surface area (Å²) in [6.45, 7) is 1.73.